The van der Waals surface area contributed by atoms with Gasteiger partial charge in [-0.3, -0.25) is 13.9 Å². The van der Waals surface area contributed by atoms with Crippen LogP contribution in [0.4, 0.5) is 0 Å². The Bertz CT molecular complexity index is 803. The summed E-state index contributed by atoms with van der Waals surface area (Å²) in [7, 11) is -4.67. The van der Waals surface area contributed by atoms with E-state index in [0.29, 0.717) is 0 Å². The minimum absolute atomic E-state index is 0.269. The maximum absolute atomic E-state index is 12.6. The molecule has 8 heteroatoms. The molecule has 0 saturated carbocycles. The highest BCUT2D eigenvalue weighted by molar-refractivity contribution is 7.79. The molecule has 0 radical (unpaired) electrons. The van der Waals surface area contributed by atoms with Crippen LogP contribution in [0.5, 0.6) is 0 Å². The molecular weight excluding hydrogens is 380 g/mol. The van der Waals surface area contributed by atoms with Crippen molar-refractivity contribution >= 4 is 16.3 Å². The Labute approximate surface area is 165 Å². The molecule has 0 aromatic heterocycles. The second-order valence-corrected chi connectivity index (χ2v) is 7.64. The zero-order chi connectivity index (χ0) is 20.6. The van der Waals surface area contributed by atoms with Crippen molar-refractivity contribution in [2.24, 2.45) is 5.73 Å². The summed E-state index contributed by atoms with van der Waals surface area (Å²) < 4.78 is 31.6. The van der Waals surface area contributed by atoms with Crippen molar-refractivity contribution in [1.82, 2.24) is 4.90 Å². The number of hydrogen-bond acceptors (Lipinski definition) is 4. The smallest absolute Gasteiger partial charge is 0.369 e. The number of primary amides is 1. The van der Waals surface area contributed by atoms with E-state index in [-0.39, 0.29) is 5.91 Å². The molecule has 0 spiro atoms. The molecule has 4 N–H and O–H groups in total. The zero-order valence-electron chi connectivity index (χ0n) is 15.6. The van der Waals surface area contributed by atoms with E-state index < -0.39 is 15.8 Å². The SMILES string of the molecule is NC(=O)C(CCN1CCCC1)(c1ccccc1)c1ccccc1.O=S(=O)(O)O. The molecule has 0 atom stereocenters. The van der Waals surface area contributed by atoms with Crippen LogP contribution in [-0.4, -0.2) is 48.0 Å². The number of rotatable bonds is 6. The van der Waals surface area contributed by atoms with Gasteiger partial charge in [-0.15, -0.1) is 0 Å². The van der Waals surface area contributed by atoms with Crippen molar-refractivity contribution < 1.29 is 22.3 Å². The number of amides is 1. The molecule has 1 heterocycles. The van der Waals surface area contributed by atoms with Gasteiger partial charge in [0, 0.05) is 0 Å². The summed E-state index contributed by atoms with van der Waals surface area (Å²) in [4.78, 5) is 15.1. The van der Waals surface area contributed by atoms with Crippen molar-refractivity contribution in [2.45, 2.75) is 24.7 Å². The van der Waals surface area contributed by atoms with Crippen LogP contribution in [0.1, 0.15) is 30.4 Å². The fourth-order valence-electron chi connectivity index (χ4n) is 3.64. The molecule has 0 unspecified atom stereocenters. The van der Waals surface area contributed by atoms with Gasteiger partial charge in [-0.25, -0.2) is 0 Å². The standard InChI is InChI=1S/C20H24N2O.H2O4S/c21-19(23)20(17-9-3-1-4-10-17,18-11-5-2-6-12-18)13-16-22-14-7-8-15-22;1-5(2,3)4/h1-6,9-12H,7-8,13-16H2,(H2,21,23);(H2,1,2,3,4). The summed E-state index contributed by atoms with van der Waals surface area (Å²) in [6, 6.07) is 19.9. The van der Waals surface area contributed by atoms with Gasteiger partial charge < -0.3 is 10.6 Å². The highest BCUT2D eigenvalue weighted by Gasteiger charge is 2.40. The van der Waals surface area contributed by atoms with Gasteiger partial charge in [0.25, 0.3) is 0 Å². The number of benzene rings is 2. The van der Waals surface area contributed by atoms with E-state index in [9.17, 15) is 4.79 Å². The maximum Gasteiger partial charge on any atom is 0.394 e. The van der Waals surface area contributed by atoms with Crippen LogP contribution in [0.15, 0.2) is 60.7 Å². The van der Waals surface area contributed by atoms with Gasteiger partial charge in [0.15, 0.2) is 0 Å². The lowest BCUT2D eigenvalue weighted by molar-refractivity contribution is -0.122. The Balaban J connectivity index is 0.000000500. The van der Waals surface area contributed by atoms with Crippen molar-refractivity contribution in [2.75, 3.05) is 19.6 Å². The second-order valence-electron chi connectivity index (χ2n) is 6.75. The highest BCUT2D eigenvalue weighted by atomic mass is 32.3. The second kappa shape index (κ2) is 9.79. The topological polar surface area (TPSA) is 121 Å². The fraction of sp³-hybridized carbons (Fsp3) is 0.350. The first-order valence-corrected chi connectivity index (χ1v) is 10.5. The third-order valence-corrected chi connectivity index (χ3v) is 4.96. The first kappa shape index (κ1) is 22.0. The minimum Gasteiger partial charge on any atom is -0.369 e. The summed E-state index contributed by atoms with van der Waals surface area (Å²) in [5.41, 5.74) is 7.17. The number of carbonyl (C=O) groups is 1. The van der Waals surface area contributed by atoms with Crippen LogP contribution in [0.25, 0.3) is 0 Å². The molecule has 1 amide bonds. The third-order valence-electron chi connectivity index (χ3n) is 4.96. The van der Waals surface area contributed by atoms with Crippen LogP contribution in [0.2, 0.25) is 0 Å². The molecule has 1 fully saturated rings. The lowest BCUT2D eigenvalue weighted by Crippen LogP contribution is -2.44. The molecule has 1 aliphatic rings. The van der Waals surface area contributed by atoms with Gasteiger partial charge in [-0.2, -0.15) is 8.42 Å². The van der Waals surface area contributed by atoms with Crippen LogP contribution < -0.4 is 5.73 Å². The van der Waals surface area contributed by atoms with Gasteiger partial charge >= 0.3 is 10.4 Å². The Morgan fingerprint density at radius 1 is 0.929 bits per heavy atom. The van der Waals surface area contributed by atoms with E-state index in [1.54, 1.807) is 0 Å². The predicted molar refractivity (Wildman–Crippen MR) is 107 cm³/mol. The van der Waals surface area contributed by atoms with Gasteiger partial charge in [0.2, 0.25) is 5.91 Å². The van der Waals surface area contributed by atoms with E-state index in [0.717, 1.165) is 37.2 Å². The molecule has 3 rings (SSSR count). The monoisotopic (exact) mass is 406 g/mol. The Kier molecular flexibility index (Phi) is 7.70. The Morgan fingerprint density at radius 2 is 1.32 bits per heavy atom. The summed E-state index contributed by atoms with van der Waals surface area (Å²) in [5, 5.41) is 0. The molecule has 7 nitrogen and oxygen atoms in total. The molecule has 152 valence electrons. The summed E-state index contributed by atoms with van der Waals surface area (Å²) in [6.07, 6.45) is 3.22. The summed E-state index contributed by atoms with van der Waals surface area (Å²) in [6.45, 7) is 3.14. The van der Waals surface area contributed by atoms with E-state index >= 15 is 0 Å². The lowest BCUT2D eigenvalue weighted by atomic mass is 9.71. The van der Waals surface area contributed by atoms with Gasteiger partial charge in [0.05, 0.1) is 5.41 Å². The van der Waals surface area contributed by atoms with Crippen LogP contribution in [0.3, 0.4) is 0 Å². The van der Waals surface area contributed by atoms with E-state index in [2.05, 4.69) is 4.90 Å². The quantitative estimate of drug-likeness (QED) is 0.633. The van der Waals surface area contributed by atoms with Crippen LogP contribution >= 0.6 is 0 Å². The van der Waals surface area contributed by atoms with Crippen molar-refractivity contribution in [3.63, 3.8) is 0 Å². The number of hydrogen-bond donors (Lipinski definition) is 3. The predicted octanol–water partition coefficient (Wildman–Crippen LogP) is 2.29. The molecule has 2 aromatic carbocycles. The summed E-state index contributed by atoms with van der Waals surface area (Å²) in [5.74, 6) is -0.269. The largest absolute Gasteiger partial charge is 0.394 e. The molecule has 0 bridgehead atoms. The average molecular weight is 407 g/mol. The third kappa shape index (κ3) is 6.13. The molecule has 0 aliphatic carbocycles. The fourth-order valence-corrected chi connectivity index (χ4v) is 3.64. The number of likely N-dealkylation sites (tertiary alicyclic amines) is 1. The highest BCUT2D eigenvalue weighted by Crippen LogP contribution is 2.36. The lowest BCUT2D eigenvalue weighted by Gasteiger charge is -2.33. The summed E-state index contributed by atoms with van der Waals surface area (Å²) >= 11 is 0. The maximum atomic E-state index is 12.6. The van der Waals surface area contributed by atoms with E-state index in [1.165, 1.54) is 12.8 Å². The van der Waals surface area contributed by atoms with Crippen LogP contribution in [0, 0.1) is 0 Å². The van der Waals surface area contributed by atoms with Gasteiger partial charge in [0.1, 0.15) is 0 Å². The molecular formula is C20H26N2O5S. The van der Waals surface area contributed by atoms with Crippen molar-refractivity contribution in [3.05, 3.63) is 71.8 Å². The Hall–Kier alpha value is -2.26. The van der Waals surface area contributed by atoms with Gasteiger partial charge in [-0.05, 0) is 50.0 Å². The van der Waals surface area contributed by atoms with Crippen LogP contribution in [-0.2, 0) is 20.6 Å². The molecule has 1 saturated heterocycles. The first-order chi connectivity index (χ1) is 13.2. The molecule has 1 aliphatic heterocycles. The van der Waals surface area contributed by atoms with Crippen molar-refractivity contribution in [3.8, 4) is 0 Å². The molecule has 28 heavy (non-hydrogen) atoms. The number of carbonyl (C=O) groups excluding carboxylic acids is 1. The van der Waals surface area contributed by atoms with Crippen molar-refractivity contribution in [1.29, 1.82) is 0 Å². The van der Waals surface area contributed by atoms with E-state index in [1.807, 2.05) is 60.7 Å². The van der Waals surface area contributed by atoms with E-state index in [4.69, 9.17) is 23.3 Å². The molecule has 2 aromatic rings. The Morgan fingerprint density at radius 3 is 1.68 bits per heavy atom. The average Bonchev–Trinajstić information content (AvgIpc) is 3.16. The zero-order valence-corrected chi connectivity index (χ0v) is 16.4. The first-order valence-electron chi connectivity index (χ1n) is 9.06. The normalized spacial score (nSPS) is 14.9. The minimum atomic E-state index is -4.67. The number of nitrogens with zero attached hydrogens (tertiary/aromatic N) is 1. The van der Waals surface area contributed by atoms with Gasteiger partial charge in [-0.1, -0.05) is 60.7 Å². The number of nitrogens with two attached hydrogens (primary N) is 1.